The molecule has 0 spiro atoms. The Morgan fingerprint density at radius 3 is 2.33 bits per heavy atom. The molecule has 3 aromatic rings. The Bertz CT molecular complexity index is 826. The number of piperazine rings is 1. The molecule has 4 nitrogen and oxygen atoms in total. The van der Waals surface area contributed by atoms with Gasteiger partial charge in [-0.2, -0.15) is 0 Å². The van der Waals surface area contributed by atoms with Crippen molar-refractivity contribution in [1.29, 1.82) is 0 Å². The van der Waals surface area contributed by atoms with Crippen LogP contribution in [0.15, 0.2) is 36.4 Å². The molecule has 0 radical (unpaired) electrons. The van der Waals surface area contributed by atoms with Crippen molar-refractivity contribution in [3.8, 4) is 11.4 Å². The third-order valence-electron chi connectivity index (χ3n) is 4.53. The third-order valence-corrected chi connectivity index (χ3v) is 5.26. The van der Waals surface area contributed by atoms with Gasteiger partial charge in [-0.15, -0.1) is 0 Å². The van der Waals surface area contributed by atoms with E-state index < -0.39 is 0 Å². The number of hydrogen-bond acceptors (Lipinski definition) is 3. The van der Waals surface area contributed by atoms with Crippen LogP contribution in [0.1, 0.15) is 0 Å². The van der Waals surface area contributed by atoms with Crippen LogP contribution < -0.4 is 4.90 Å². The standard InChI is InChI=1S/C18H18Cl2N4/c1-23-6-8-24(9-7-23)13-4-2-12(3-5-13)18-21-16-10-14(19)15(20)11-17(16)22-18/h2-5,10-11H,6-9H2,1H3,(H,21,22). The number of anilines is 1. The summed E-state index contributed by atoms with van der Waals surface area (Å²) in [6, 6.07) is 12.1. The molecule has 4 rings (SSSR count). The highest BCUT2D eigenvalue weighted by atomic mass is 35.5. The van der Waals surface area contributed by atoms with E-state index in [9.17, 15) is 0 Å². The summed E-state index contributed by atoms with van der Waals surface area (Å²) in [4.78, 5) is 12.7. The number of H-pyrrole nitrogens is 1. The number of halogens is 2. The lowest BCUT2D eigenvalue weighted by atomic mass is 10.1. The van der Waals surface area contributed by atoms with Gasteiger partial charge in [-0.3, -0.25) is 0 Å². The number of nitrogens with one attached hydrogen (secondary N) is 1. The van der Waals surface area contributed by atoms with E-state index in [2.05, 4.69) is 51.1 Å². The molecular formula is C18H18Cl2N4. The van der Waals surface area contributed by atoms with Crippen LogP contribution in [0.3, 0.4) is 0 Å². The Morgan fingerprint density at radius 2 is 1.62 bits per heavy atom. The molecule has 124 valence electrons. The summed E-state index contributed by atoms with van der Waals surface area (Å²) in [5, 5.41) is 1.05. The molecule has 2 heterocycles. The molecule has 2 aromatic carbocycles. The van der Waals surface area contributed by atoms with Gasteiger partial charge < -0.3 is 14.8 Å². The third kappa shape index (κ3) is 2.97. The van der Waals surface area contributed by atoms with E-state index in [-0.39, 0.29) is 0 Å². The SMILES string of the molecule is CN1CCN(c2ccc(-c3nc4cc(Cl)c(Cl)cc4[nH]3)cc2)CC1. The zero-order chi connectivity index (χ0) is 16.7. The van der Waals surface area contributed by atoms with Crippen LogP contribution in [-0.4, -0.2) is 48.1 Å². The van der Waals surface area contributed by atoms with Gasteiger partial charge in [0.2, 0.25) is 0 Å². The number of rotatable bonds is 2. The lowest BCUT2D eigenvalue weighted by Crippen LogP contribution is -2.44. The normalized spacial score (nSPS) is 16.0. The molecule has 0 atom stereocenters. The first-order chi connectivity index (χ1) is 11.6. The molecule has 0 saturated carbocycles. The Morgan fingerprint density at radius 1 is 0.958 bits per heavy atom. The van der Waals surface area contributed by atoms with Crippen molar-refractivity contribution < 1.29 is 0 Å². The number of nitrogens with zero attached hydrogens (tertiary/aromatic N) is 3. The number of imidazole rings is 1. The molecule has 0 amide bonds. The fourth-order valence-electron chi connectivity index (χ4n) is 3.04. The smallest absolute Gasteiger partial charge is 0.138 e. The van der Waals surface area contributed by atoms with E-state index >= 15 is 0 Å². The van der Waals surface area contributed by atoms with Crippen molar-refractivity contribution in [2.45, 2.75) is 0 Å². The summed E-state index contributed by atoms with van der Waals surface area (Å²) in [5.74, 6) is 0.827. The molecule has 6 heteroatoms. The van der Waals surface area contributed by atoms with Crippen LogP contribution in [0.5, 0.6) is 0 Å². The zero-order valence-electron chi connectivity index (χ0n) is 13.4. The molecule has 0 aliphatic carbocycles. The number of aromatic amines is 1. The van der Waals surface area contributed by atoms with Crippen molar-refractivity contribution in [2.75, 3.05) is 38.1 Å². The Balaban J connectivity index is 1.60. The number of hydrogen-bond donors (Lipinski definition) is 1. The minimum absolute atomic E-state index is 0.521. The van der Waals surface area contributed by atoms with E-state index in [0.717, 1.165) is 48.6 Å². The van der Waals surface area contributed by atoms with E-state index in [1.54, 1.807) is 6.07 Å². The van der Waals surface area contributed by atoms with Gasteiger partial charge in [0.25, 0.3) is 0 Å². The maximum Gasteiger partial charge on any atom is 0.138 e. The fraction of sp³-hybridized carbons (Fsp3) is 0.278. The van der Waals surface area contributed by atoms with Crippen LogP contribution >= 0.6 is 23.2 Å². The number of fused-ring (bicyclic) bond motifs is 1. The van der Waals surface area contributed by atoms with Gasteiger partial charge >= 0.3 is 0 Å². The van der Waals surface area contributed by atoms with Crippen LogP contribution in [0, 0.1) is 0 Å². The largest absolute Gasteiger partial charge is 0.369 e. The van der Waals surface area contributed by atoms with Crippen LogP contribution in [-0.2, 0) is 0 Å². The van der Waals surface area contributed by atoms with Crippen molar-refractivity contribution in [2.24, 2.45) is 0 Å². The van der Waals surface area contributed by atoms with Gasteiger partial charge in [-0.05, 0) is 43.4 Å². The van der Waals surface area contributed by atoms with Gasteiger partial charge in [0.15, 0.2) is 0 Å². The molecule has 1 saturated heterocycles. The second-order valence-corrected chi connectivity index (χ2v) is 7.02. The highest BCUT2D eigenvalue weighted by molar-refractivity contribution is 6.42. The minimum Gasteiger partial charge on any atom is -0.369 e. The molecule has 1 aliphatic heterocycles. The predicted octanol–water partition coefficient (Wildman–Crippen LogP) is 4.29. The summed E-state index contributed by atoms with van der Waals surface area (Å²) in [6.07, 6.45) is 0. The quantitative estimate of drug-likeness (QED) is 0.740. The van der Waals surface area contributed by atoms with Crippen LogP contribution in [0.4, 0.5) is 5.69 Å². The second-order valence-electron chi connectivity index (χ2n) is 6.21. The van der Waals surface area contributed by atoms with Crippen molar-refractivity contribution in [3.63, 3.8) is 0 Å². The monoisotopic (exact) mass is 360 g/mol. The van der Waals surface area contributed by atoms with Gasteiger partial charge in [0.05, 0.1) is 21.1 Å². The van der Waals surface area contributed by atoms with Crippen LogP contribution in [0.25, 0.3) is 22.4 Å². The highest BCUT2D eigenvalue weighted by Gasteiger charge is 2.14. The van der Waals surface area contributed by atoms with Gasteiger partial charge in [0, 0.05) is 37.4 Å². The highest BCUT2D eigenvalue weighted by Crippen LogP contribution is 2.29. The molecular weight excluding hydrogens is 343 g/mol. The average Bonchev–Trinajstić information content (AvgIpc) is 2.99. The van der Waals surface area contributed by atoms with Crippen LogP contribution in [0.2, 0.25) is 10.0 Å². The van der Waals surface area contributed by atoms with Crippen molar-refractivity contribution in [3.05, 3.63) is 46.4 Å². The molecule has 0 bridgehead atoms. The van der Waals surface area contributed by atoms with E-state index in [1.807, 2.05) is 6.07 Å². The van der Waals surface area contributed by atoms with Crippen molar-refractivity contribution >= 4 is 39.9 Å². The Hall–Kier alpha value is -1.75. The van der Waals surface area contributed by atoms with E-state index in [1.165, 1.54) is 5.69 Å². The Labute approximate surface area is 151 Å². The maximum absolute atomic E-state index is 6.07. The van der Waals surface area contributed by atoms with Crippen molar-refractivity contribution in [1.82, 2.24) is 14.9 Å². The molecule has 0 unspecified atom stereocenters. The summed E-state index contributed by atoms with van der Waals surface area (Å²) in [5.41, 5.74) is 4.02. The maximum atomic E-state index is 6.07. The summed E-state index contributed by atoms with van der Waals surface area (Å²) in [7, 11) is 2.17. The zero-order valence-corrected chi connectivity index (χ0v) is 14.9. The number of benzene rings is 2. The first-order valence-electron chi connectivity index (χ1n) is 7.99. The van der Waals surface area contributed by atoms with E-state index in [4.69, 9.17) is 23.2 Å². The molecule has 1 fully saturated rings. The van der Waals surface area contributed by atoms with Gasteiger partial charge in [-0.25, -0.2) is 4.98 Å². The summed E-state index contributed by atoms with van der Waals surface area (Å²) >= 11 is 12.1. The second kappa shape index (κ2) is 6.28. The van der Waals surface area contributed by atoms with E-state index in [0.29, 0.717) is 10.0 Å². The molecule has 1 aliphatic rings. The van der Waals surface area contributed by atoms with Gasteiger partial charge in [-0.1, -0.05) is 23.2 Å². The average molecular weight is 361 g/mol. The topological polar surface area (TPSA) is 35.2 Å². The predicted molar refractivity (Wildman–Crippen MR) is 101 cm³/mol. The number of likely N-dealkylation sites (N-methyl/N-ethyl adjacent to an activating group) is 1. The molecule has 1 aromatic heterocycles. The lowest BCUT2D eigenvalue weighted by Gasteiger charge is -2.34. The first-order valence-corrected chi connectivity index (χ1v) is 8.74. The van der Waals surface area contributed by atoms with Gasteiger partial charge in [0.1, 0.15) is 5.82 Å². The summed E-state index contributed by atoms with van der Waals surface area (Å²) < 4.78 is 0. The fourth-order valence-corrected chi connectivity index (χ4v) is 3.36. The Kier molecular flexibility index (Phi) is 4.12. The molecule has 1 N–H and O–H groups in total. The number of aromatic nitrogens is 2. The molecule has 24 heavy (non-hydrogen) atoms. The first kappa shape index (κ1) is 15.8. The lowest BCUT2D eigenvalue weighted by molar-refractivity contribution is 0.313. The summed E-state index contributed by atoms with van der Waals surface area (Å²) in [6.45, 7) is 4.34. The minimum atomic E-state index is 0.521.